The fraction of sp³-hybridized carbons (Fsp3) is 0.625. The van der Waals surface area contributed by atoms with Crippen molar-refractivity contribution in [3.8, 4) is 0 Å². The third kappa shape index (κ3) is 5.52. The van der Waals surface area contributed by atoms with Crippen molar-refractivity contribution >= 4 is 11.6 Å². The molecule has 2 unspecified atom stereocenters. The van der Waals surface area contributed by atoms with Crippen LogP contribution in [0.2, 0.25) is 5.02 Å². The Morgan fingerprint density at radius 2 is 1.89 bits per heavy atom. The molecular weight excluding hydrogens is 256 g/mol. The quantitative estimate of drug-likeness (QED) is 0.772. The predicted molar refractivity (Wildman–Crippen MR) is 84.9 cm³/mol. The van der Waals surface area contributed by atoms with Crippen molar-refractivity contribution in [2.24, 2.45) is 0 Å². The van der Waals surface area contributed by atoms with Crippen LogP contribution < -0.4 is 5.32 Å². The molecule has 0 aliphatic rings. The zero-order valence-electron chi connectivity index (χ0n) is 12.6. The van der Waals surface area contributed by atoms with Gasteiger partial charge in [0.2, 0.25) is 0 Å². The van der Waals surface area contributed by atoms with Gasteiger partial charge in [-0.3, -0.25) is 0 Å². The molecule has 19 heavy (non-hydrogen) atoms. The third-order valence-electron chi connectivity index (χ3n) is 3.57. The number of likely N-dealkylation sites (N-methyl/N-ethyl adjacent to an activating group) is 1. The van der Waals surface area contributed by atoms with Crippen molar-refractivity contribution < 1.29 is 0 Å². The van der Waals surface area contributed by atoms with E-state index in [0.717, 1.165) is 31.1 Å². The minimum Gasteiger partial charge on any atom is -0.306 e. The van der Waals surface area contributed by atoms with Crippen LogP contribution in [0.25, 0.3) is 0 Å². The summed E-state index contributed by atoms with van der Waals surface area (Å²) < 4.78 is 0. The van der Waals surface area contributed by atoms with Gasteiger partial charge in [0.25, 0.3) is 0 Å². The normalized spacial score (nSPS) is 14.6. The maximum absolute atomic E-state index is 6.08. The molecule has 2 atom stereocenters. The van der Waals surface area contributed by atoms with Crippen molar-refractivity contribution in [2.75, 3.05) is 19.6 Å². The second-order valence-corrected chi connectivity index (χ2v) is 5.51. The highest BCUT2D eigenvalue weighted by molar-refractivity contribution is 6.30. The Morgan fingerprint density at radius 3 is 2.42 bits per heavy atom. The largest absolute Gasteiger partial charge is 0.306 e. The van der Waals surface area contributed by atoms with E-state index < -0.39 is 0 Å². The smallest absolute Gasteiger partial charge is 0.0409 e. The van der Waals surface area contributed by atoms with Gasteiger partial charge in [-0.15, -0.1) is 0 Å². The average Bonchev–Trinajstić information content (AvgIpc) is 2.42. The van der Waals surface area contributed by atoms with Gasteiger partial charge < -0.3 is 10.2 Å². The molecule has 0 fully saturated rings. The first-order chi connectivity index (χ1) is 9.10. The van der Waals surface area contributed by atoms with E-state index in [1.807, 2.05) is 12.1 Å². The fourth-order valence-electron chi connectivity index (χ4n) is 2.44. The summed E-state index contributed by atoms with van der Waals surface area (Å²) in [5, 5.41) is 4.52. The summed E-state index contributed by atoms with van der Waals surface area (Å²) in [7, 11) is 0. The van der Waals surface area contributed by atoms with Crippen molar-refractivity contribution in [3.05, 3.63) is 34.9 Å². The zero-order valence-corrected chi connectivity index (χ0v) is 13.4. The molecule has 0 amide bonds. The number of hydrogen-bond donors (Lipinski definition) is 1. The monoisotopic (exact) mass is 282 g/mol. The molecule has 0 spiro atoms. The molecule has 0 heterocycles. The van der Waals surface area contributed by atoms with Gasteiger partial charge in [-0.05, 0) is 44.1 Å². The Hall–Kier alpha value is -0.570. The summed E-state index contributed by atoms with van der Waals surface area (Å²) in [6.45, 7) is 12.2. The van der Waals surface area contributed by atoms with Crippen LogP contribution in [0.3, 0.4) is 0 Å². The Kier molecular flexibility index (Phi) is 7.44. The van der Waals surface area contributed by atoms with Crippen molar-refractivity contribution in [1.82, 2.24) is 10.2 Å². The van der Waals surface area contributed by atoms with Gasteiger partial charge in [0.15, 0.2) is 0 Å². The second kappa shape index (κ2) is 8.57. The molecule has 0 aliphatic heterocycles. The first kappa shape index (κ1) is 16.5. The summed E-state index contributed by atoms with van der Waals surface area (Å²) in [5.41, 5.74) is 1.28. The predicted octanol–water partition coefficient (Wildman–Crippen LogP) is 4.11. The van der Waals surface area contributed by atoms with Crippen LogP contribution in [-0.2, 0) is 0 Å². The molecule has 0 saturated heterocycles. The van der Waals surface area contributed by atoms with E-state index in [9.17, 15) is 0 Å². The fourth-order valence-corrected chi connectivity index (χ4v) is 2.64. The highest BCUT2D eigenvalue weighted by atomic mass is 35.5. The maximum Gasteiger partial charge on any atom is 0.0409 e. The lowest BCUT2D eigenvalue weighted by molar-refractivity contribution is 0.260. The number of rotatable bonds is 8. The molecule has 1 N–H and O–H groups in total. The summed E-state index contributed by atoms with van der Waals surface area (Å²) in [5.74, 6) is 0. The van der Waals surface area contributed by atoms with Crippen LogP contribution >= 0.6 is 11.6 Å². The molecule has 108 valence electrons. The standard InChI is InChI=1S/C16H27ClN2/c1-5-16(14-9-8-10-15(17)11-14)18-13(4)12-19(6-2)7-3/h8-11,13,16,18H,5-7,12H2,1-4H3. The lowest BCUT2D eigenvalue weighted by Crippen LogP contribution is -2.40. The molecule has 2 nitrogen and oxygen atoms in total. The van der Waals surface area contributed by atoms with Crippen molar-refractivity contribution in [2.45, 2.75) is 46.2 Å². The Morgan fingerprint density at radius 1 is 1.21 bits per heavy atom. The van der Waals surface area contributed by atoms with E-state index in [1.165, 1.54) is 5.56 Å². The SMILES string of the molecule is CCC(NC(C)CN(CC)CC)c1cccc(Cl)c1. The van der Waals surface area contributed by atoms with Gasteiger partial charge in [0, 0.05) is 23.7 Å². The molecule has 1 aromatic rings. The molecule has 0 radical (unpaired) electrons. The summed E-state index contributed by atoms with van der Waals surface area (Å²) in [4.78, 5) is 2.45. The maximum atomic E-state index is 6.08. The zero-order chi connectivity index (χ0) is 14.3. The van der Waals surface area contributed by atoms with Gasteiger partial charge in [0.05, 0.1) is 0 Å². The van der Waals surface area contributed by atoms with Gasteiger partial charge >= 0.3 is 0 Å². The minimum atomic E-state index is 0.379. The molecular formula is C16H27ClN2. The molecule has 3 heteroatoms. The number of benzene rings is 1. The van der Waals surface area contributed by atoms with Crippen LogP contribution in [0.5, 0.6) is 0 Å². The summed E-state index contributed by atoms with van der Waals surface area (Å²) >= 11 is 6.08. The van der Waals surface area contributed by atoms with Crippen LogP contribution in [0.1, 0.15) is 45.7 Å². The number of nitrogens with one attached hydrogen (secondary N) is 1. The lowest BCUT2D eigenvalue weighted by Gasteiger charge is -2.27. The molecule has 0 bridgehead atoms. The van der Waals surface area contributed by atoms with Crippen LogP contribution in [-0.4, -0.2) is 30.6 Å². The van der Waals surface area contributed by atoms with E-state index >= 15 is 0 Å². The molecule has 1 aromatic carbocycles. The van der Waals surface area contributed by atoms with E-state index in [1.54, 1.807) is 0 Å². The van der Waals surface area contributed by atoms with Gasteiger partial charge in [-0.1, -0.05) is 44.5 Å². The Bertz CT molecular complexity index is 364. The highest BCUT2D eigenvalue weighted by Crippen LogP contribution is 2.20. The Balaban J connectivity index is 2.61. The molecule has 0 aliphatic carbocycles. The van der Waals surface area contributed by atoms with Crippen LogP contribution in [0.4, 0.5) is 0 Å². The number of halogens is 1. The van der Waals surface area contributed by atoms with E-state index in [4.69, 9.17) is 11.6 Å². The number of nitrogens with zero attached hydrogens (tertiary/aromatic N) is 1. The third-order valence-corrected chi connectivity index (χ3v) is 3.81. The van der Waals surface area contributed by atoms with E-state index in [2.05, 4.69) is 50.0 Å². The number of hydrogen-bond acceptors (Lipinski definition) is 2. The van der Waals surface area contributed by atoms with E-state index in [-0.39, 0.29) is 0 Å². The lowest BCUT2D eigenvalue weighted by atomic mass is 10.0. The topological polar surface area (TPSA) is 15.3 Å². The molecule has 0 saturated carbocycles. The van der Waals surface area contributed by atoms with Gasteiger partial charge in [-0.25, -0.2) is 0 Å². The highest BCUT2D eigenvalue weighted by Gasteiger charge is 2.14. The molecule has 0 aromatic heterocycles. The van der Waals surface area contributed by atoms with Gasteiger partial charge in [-0.2, -0.15) is 0 Å². The van der Waals surface area contributed by atoms with E-state index in [0.29, 0.717) is 12.1 Å². The Labute approximate surface area is 123 Å². The van der Waals surface area contributed by atoms with Crippen LogP contribution in [0, 0.1) is 0 Å². The minimum absolute atomic E-state index is 0.379. The molecule has 1 rings (SSSR count). The van der Waals surface area contributed by atoms with Crippen molar-refractivity contribution in [1.29, 1.82) is 0 Å². The van der Waals surface area contributed by atoms with Crippen LogP contribution in [0.15, 0.2) is 24.3 Å². The summed E-state index contributed by atoms with van der Waals surface area (Å²) in [6, 6.07) is 9.02. The van der Waals surface area contributed by atoms with Gasteiger partial charge in [0.1, 0.15) is 0 Å². The summed E-state index contributed by atoms with van der Waals surface area (Å²) in [6.07, 6.45) is 1.07. The second-order valence-electron chi connectivity index (χ2n) is 5.07. The average molecular weight is 283 g/mol. The van der Waals surface area contributed by atoms with Crippen molar-refractivity contribution in [3.63, 3.8) is 0 Å². The first-order valence-corrected chi connectivity index (χ1v) is 7.72. The first-order valence-electron chi connectivity index (χ1n) is 7.34.